The van der Waals surface area contributed by atoms with Gasteiger partial charge in [-0.3, -0.25) is 14.8 Å². The molecule has 1 atom stereocenters. The predicted molar refractivity (Wildman–Crippen MR) is 74.4 cm³/mol. The van der Waals surface area contributed by atoms with E-state index in [1.165, 1.54) is 0 Å². The Kier molecular flexibility index (Phi) is 4.36. The fourth-order valence-electron chi connectivity index (χ4n) is 1.66. The Morgan fingerprint density at radius 1 is 1.56 bits per heavy atom. The maximum Gasteiger partial charge on any atom is 0.227 e. The fraction of sp³-hybridized carbons (Fsp3) is 0.462. The molecule has 4 nitrogen and oxygen atoms in total. The molecular weight excluding hydrogens is 246 g/mol. The Morgan fingerprint density at radius 2 is 2.39 bits per heavy atom. The van der Waals surface area contributed by atoms with E-state index in [4.69, 9.17) is 0 Å². The van der Waals surface area contributed by atoms with Crippen LogP contribution in [0.25, 0.3) is 0 Å². The Morgan fingerprint density at radius 3 is 3.06 bits per heavy atom. The van der Waals surface area contributed by atoms with Crippen LogP contribution in [0.15, 0.2) is 29.4 Å². The summed E-state index contributed by atoms with van der Waals surface area (Å²) in [5.74, 6) is 0.535. The molecule has 0 bridgehead atoms. The summed E-state index contributed by atoms with van der Waals surface area (Å²) < 4.78 is 0. The number of pyridine rings is 1. The van der Waals surface area contributed by atoms with Crippen molar-refractivity contribution in [3.63, 3.8) is 0 Å². The van der Waals surface area contributed by atoms with Gasteiger partial charge in [0, 0.05) is 17.9 Å². The Bertz CT molecular complexity index is 445. The minimum absolute atomic E-state index is 0.0622. The topological polar surface area (TPSA) is 54.4 Å². The highest BCUT2D eigenvalue weighted by atomic mass is 32.2. The molecule has 0 aromatic carbocycles. The second-order valence-corrected chi connectivity index (χ2v) is 5.82. The van der Waals surface area contributed by atoms with E-state index in [-0.39, 0.29) is 5.91 Å². The van der Waals surface area contributed by atoms with Gasteiger partial charge in [0.05, 0.1) is 12.2 Å². The lowest BCUT2D eigenvalue weighted by atomic mass is 10.1. The number of aliphatic imine (C=N–C) groups is 1. The summed E-state index contributed by atoms with van der Waals surface area (Å²) in [6.07, 6.45) is 2.32. The predicted octanol–water partition coefficient (Wildman–Crippen LogP) is 2.22. The SMILES string of the molecule is CC(C)C1CC(=O)NC(=NCc2ccccn2)S1. The zero-order chi connectivity index (χ0) is 13.0. The number of hydrogen-bond donors (Lipinski definition) is 1. The molecule has 2 heterocycles. The lowest BCUT2D eigenvalue weighted by molar-refractivity contribution is -0.119. The first-order valence-corrected chi connectivity index (χ1v) is 6.94. The van der Waals surface area contributed by atoms with Crippen molar-refractivity contribution in [1.82, 2.24) is 10.3 Å². The van der Waals surface area contributed by atoms with Crippen LogP contribution in [-0.4, -0.2) is 21.3 Å². The molecule has 1 amide bonds. The molecule has 96 valence electrons. The Balaban J connectivity index is 2.01. The van der Waals surface area contributed by atoms with Gasteiger partial charge in [0.2, 0.25) is 5.91 Å². The first kappa shape index (κ1) is 13.1. The van der Waals surface area contributed by atoms with E-state index >= 15 is 0 Å². The third kappa shape index (κ3) is 3.57. The van der Waals surface area contributed by atoms with Crippen LogP contribution < -0.4 is 5.32 Å². The standard InChI is InChI=1S/C13H17N3OS/c1-9(2)11-7-12(17)16-13(18-11)15-8-10-5-3-4-6-14-10/h3-6,9,11H,7-8H2,1-2H3,(H,15,16,17). The molecule has 2 rings (SSSR count). The monoisotopic (exact) mass is 263 g/mol. The third-order valence-electron chi connectivity index (χ3n) is 2.75. The Labute approximate surface area is 111 Å². The van der Waals surface area contributed by atoms with Crippen LogP contribution in [0.4, 0.5) is 0 Å². The average Bonchev–Trinajstić information content (AvgIpc) is 2.37. The summed E-state index contributed by atoms with van der Waals surface area (Å²) in [5, 5.41) is 3.86. The van der Waals surface area contributed by atoms with Crippen LogP contribution >= 0.6 is 11.8 Å². The third-order valence-corrected chi connectivity index (χ3v) is 4.22. The van der Waals surface area contributed by atoms with E-state index in [0.29, 0.717) is 24.1 Å². The molecule has 1 aromatic heterocycles. The summed E-state index contributed by atoms with van der Waals surface area (Å²) in [6, 6.07) is 5.74. The second-order valence-electron chi connectivity index (χ2n) is 4.60. The number of hydrogen-bond acceptors (Lipinski definition) is 4. The first-order chi connectivity index (χ1) is 8.65. The summed E-state index contributed by atoms with van der Waals surface area (Å²) in [5.41, 5.74) is 0.909. The van der Waals surface area contributed by atoms with Crippen molar-refractivity contribution in [2.24, 2.45) is 10.9 Å². The molecule has 0 aliphatic carbocycles. The molecule has 1 fully saturated rings. The number of amides is 1. The van der Waals surface area contributed by atoms with Gasteiger partial charge in [-0.05, 0) is 18.1 Å². The van der Waals surface area contributed by atoms with Crippen molar-refractivity contribution in [2.75, 3.05) is 0 Å². The summed E-state index contributed by atoms with van der Waals surface area (Å²) in [7, 11) is 0. The maximum absolute atomic E-state index is 11.6. The van der Waals surface area contributed by atoms with E-state index in [0.717, 1.165) is 10.9 Å². The molecule has 1 N–H and O–H groups in total. The van der Waals surface area contributed by atoms with Crippen molar-refractivity contribution in [3.05, 3.63) is 30.1 Å². The Hall–Kier alpha value is -1.36. The lowest BCUT2D eigenvalue weighted by Gasteiger charge is -2.25. The second kappa shape index (κ2) is 6.00. The van der Waals surface area contributed by atoms with Crippen LogP contribution in [0.1, 0.15) is 26.0 Å². The number of carbonyl (C=O) groups excluding carboxylic acids is 1. The molecule has 0 radical (unpaired) electrons. The lowest BCUT2D eigenvalue weighted by Crippen LogP contribution is -2.39. The first-order valence-electron chi connectivity index (χ1n) is 6.06. The van der Waals surface area contributed by atoms with Gasteiger partial charge in [0.25, 0.3) is 0 Å². The fourth-order valence-corrected chi connectivity index (χ4v) is 2.77. The highest BCUT2D eigenvalue weighted by molar-refractivity contribution is 8.14. The summed E-state index contributed by atoms with van der Waals surface area (Å²) in [4.78, 5) is 20.2. The van der Waals surface area contributed by atoms with Crippen LogP contribution in [0.5, 0.6) is 0 Å². The zero-order valence-corrected chi connectivity index (χ0v) is 11.4. The number of carbonyl (C=O) groups is 1. The normalized spacial score (nSPS) is 22.3. The number of rotatable bonds is 3. The smallest absolute Gasteiger partial charge is 0.227 e. The minimum atomic E-state index is 0.0622. The molecule has 1 saturated heterocycles. The van der Waals surface area contributed by atoms with Crippen LogP contribution in [0.3, 0.4) is 0 Å². The number of nitrogens with zero attached hydrogens (tertiary/aromatic N) is 2. The molecule has 1 aliphatic heterocycles. The van der Waals surface area contributed by atoms with Crippen molar-refractivity contribution in [1.29, 1.82) is 0 Å². The van der Waals surface area contributed by atoms with Crippen molar-refractivity contribution >= 4 is 22.8 Å². The number of nitrogens with one attached hydrogen (secondary N) is 1. The number of aromatic nitrogens is 1. The summed E-state index contributed by atoms with van der Waals surface area (Å²) >= 11 is 1.65. The molecule has 0 spiro atoms. The molecular formula is C13H17N3OS. The highest BCUT2D eigenvalue weighted by Crippen LogP contribution is 2.26. The molecule has 1 unspecified atom stereocenters. The van der Waals surface area contributed by atoms with E-state index in [1.54, 1.807) is 18.0 Å². The minimum Gasteiger partial charge on any atom is -0.305 e. The van der Waals surface area contributed by atoms with Gasteiger partial charge >= 0.3 is 0 Å². The molecule has 5 heteroatoms. The molecule has 18 heavy (non-hydrogen) atoms. The molecule has 1 aromatic rings. The maximum atomic E-state index is 11.6. The number of thioether (sulfide) groups is 1. The van der Waals surface area contributed by atoms with E-state index in [9.17, 15) is 4.79 Å². The highest BCUT2D eigenvalue weighted by Gasteiger charge is 2.26. The van der Waals surface area contributed by atoms with E-state index in [2.05, 4.69) is 29.1 Å². The van der Waals surface area contributed by atoms with Crippen molar-refractivity contribution < 1.29 is 4.79 Å². The van der Waals surface area contributed by atoms with Crippen molar-refractivity contribution in [2.45, 2.75) is 32.1 Å². The van der Waals surface area contributed by atoms with E-state index < -0.39 is 0 Å². The zero-order valence-electron chi connectivity index (χ0n) is 10.6. The van der Waals surface area contributed by atoms with Gasteiger partial charge < -0.3 is 5.32 Å². The van der Waals surface area contributed by atoms with Gasteiger partial charge in [0.1, 0.15) is 0 Å². The van der Waals surface area contributed by atoms with Crippen LogP contribution in [-0.2, 0) is 11.3 Å². The van der Waals surface area contributed by atoms with Crippen LogP contribution in [0, 0.1) is 5.92 Å². The number of amidine groups is 1. The molecule has 0 saturated carbocycles. The van der Waals surface area contributed by atoms with Gasteiger partial charge in [-0.2, -0.15) is 0 Å². The average molecular weight is 263 g/mol. The van der Waals surface area contributed by atoms with Crippen molar-refractivity contribution in [3.8, 4) is 0 Å². The van der Waals surface area contributed by atoms with Crippen LogP contribution in [0.2, 0.25) is 0 Å². The van der Waals surface area contributed by atoms with E-state index in [1.807, 2.05) is 18.2 Å². The van der Waals surface area contributed by atoms with Gasteiger partial charge in [-0.15, -0.1) is 0 Å². The summed E-state index contributed by atoms with van der Waals surface area (Å²) in [6.45, 7) is 4.77. The quantitative estimate of drug-likeness (QED) is 0.909. The van der Waals surface area contributed by atoms with Gasteiger partial charge in [0.15, 0.2) is 5.17 Å². The molecule has 1 aliphatic rings. The largest absolute Gasteiger partial charge is 0.305 e. The van der Waals surface area contributed by atoms with Gasteiger partial charge in [-0.25, -0.2) is 0 Å². The van der Waals surface area contributed by atoms with Gasteiger partial charge in [-0.1, -0.05) is 31.7 Å².